The third kappa shape index (κ3) is 5.60. The summed E-state index contributed by atoms with van der Waals surface area (Å²) >= 11 is 0. The van der Waals surface area contributed by atoms with E-state index in [1.165, 1.54) is 5.56 Å². The van der Waals surface area contributed by atoms with Crippen LogP contribution in [0.1, 0.15) is 83.3 Å². The van der Waals surface area contributed by atoms with E-state index >= 15 is 0 Å². The van der Waals surface area contributed by atoms with Gasteiger partial charge in [0.2, 0.25) is 0 Å². The fourth-order valence-corrected chi connectivity index (χ4v) is 2.86. The van der Waals surface area contributed by atoms with E-state index in [4.69, 9.17) is 9.47 Å². The van der Waals surface area contributed by atoms with Crippen molar-refractivity contribution >= 4 is 5.97 Å². The van der Waals surface area contributed by atoms with Crippen LogP contribution in [0.2, 0.25) is 0 Å². The Hall–Kier alpha value is -2.29. The summed E-state index contributed by atoms with van der Waals surface area (Å²) in [5, 5.41) is 0. The van der Waals surface area contributed by atoms with E-state index in [1.807, 2.05) is 57.2 Å². The first-order valence-electron chi connectivity index (χ1n) is 9.97. The quantitative estimate of drug-likeness (QED) is 0.532. The van der Waals surface area contributed by atoms with Crippen molar-refractivity contribution in [1.82, 2.24) is 0 Å². The lowest BCUT2D eigenvalue weighted by Crippen LogP contribution is -2.27. The Bertz CT molecular complexity index is 791. The molecule has 0 amide bonds. The molecular formula is C25H34O3. The van der Waals surface area contributed by atoms with Gasteiger partial charge in [0.05, 0.1) is 5.56 Å². The van der Waals surface area contributed by atoms with Crippen LogP contribution in [-0.4, -0.2) is 17.2 Å². The minimum atomic E-state index is -0.495. The number of esters is 1. The van der Waals surface area contributed by atoms with Crippen LogP contribution in [0.15, 0.2) is 48.5 Å². The van der Waals surface area contributed by atoms with Gasteiger partial charge < -0.3 is 9.47 Å². The van der Waals surface area contributed by atoms with Crippen molar-refractivity contribution < 1.29 is 14.3 Å². The largest absolute Gasteiger partial charge is 0.488 e. The van der Waals surface area contributed by atoms with E-state index in [2.05, 4.69) is 46.8 Å². The van der Waals surface area contributed by atoms with Crippen molar-refractivity contribution in [2.45, 2.75) is 78.4 Å². The molecule has 0 heterocycles. The molecule has 0 saturated heterocycles. The predicted molar refractivity (Wildman–Crippen MR) is 115 cm³/mol. The molecule has 0 aliphatic heterocycles. The minimum Gasteiger partial charge on any atom is -0.488 e. The summed E-state index contributed by atoms with van der Waals surface area (Å²) in [5.74, 6) is 0.587. The average Bonchev–Trinajstić information content (AvgIpc) is 2.60. The van der Waals surface area contributed by atoms with Gasteiger partial charge in [0.15, 0.2) is 0 Å². The summed E-state index contributed by atoms with van der Waals surface area (Å²) in [7, 11) is 0. The van der Waals surface area contributed by atoms with Crippen LogP contribution in [-0.2, 0) is 10.2 Å². The maximum atomic E-state index is 12.2. The first kappa shape index (κ1) is 22.0. The maximum Gasteiger partial charge on any atom is 0.338 e. The molecule has 0 aromatic heterocycles. The predicted octanol–water partition coefficient (Wildman–Crippen LogP) is 6.54. The molecule has 0 spiro atoms. The summed E-state index contributed by atoms with van der Waals surface area (Å²) in [6.45, 7) is 16.3. The molecule has 3 heteroatoms. The summed E-state index contributed by atoms with van der Waals surface area (Å²) in [6.07, 6.45) is 0.949. The lowest BCUT2D eigenvalue weighted by atomic mass is 9.78. The number of rotatable bonds is 6. The van der Waals surface area contributed by atoms with E-state index in [0.717, 1.165) is 17.7 Å². The molecule has 0 radical (unpaired) electrons. The molecule has 0 atom stereocenters. The van der Waals surface area contributed by atoms with Crippen molar-refractivity contribution in [1.29, 1.82) is 0 Å². The molecule has 2 rings (SSSR count). The number of hydrogen-bond donors (Lipinski definition) is 0. The van der Waals surface area contributed by atoms with Crippen molar-refractivity contribution in [2.24, 2.45) is 0 Å². The SMILES string of the molecule is CCC(C)(C)Oc1ccc(C(C)(C)c2ccc(C(=O)OC(C)(C)C)cc2)cc1. The summed E-state index contributed by atoms with van der Waals surface area (Å²) in [5.41, 5.74) is 2.05. The molecule has 0 aliphatic carbocycles. The molecule has 0 bridgehead atoms. The van der Waals surface area contributed by atoms with Gasteiger partial charge in [-0.2, -0.15) is 0 Å². The first-order chi connectivity index (χ1) is 12.8. The van der Waals surface area contributed by atoms with Gasteiger partial charge in [0.25, 0.3) is 0 Å². The second-order valence-corrected chi connectivity index (χ2v) is 9.44. The number of ether oxygens (including phenoxy) is 2. The normalized spacial score (nSPS) is 12.6. The maximum absolute atomic E-state index is 12.2. The second kappa shape index (κ2) is 7.98. The zero-order valence-corrected chi connectivity index (χ0v) is 18.6. The highest BCUT2D eigenvalue weighted by Gasteiger charge is 2.25. The Morgan fingerprint density at radius 1 is 0.786 bits per heavy atom. The van der Waals surface area contributed by atoms with Gasteiger partial charge in [0.1, 0.15) is 17.0 Å². The Labute approximate surface area is 170 Å². The molecule has 152 valence electrons. The average molecular weight is 383 g/mol. The van der Waals surface area contributed by atoms with E-state index in [-0.39, 0.29) is 17.0 Å². The van der Waals surface area contributed by atoms with Crippen LogP contribution >= 0.6 is 0 Å². The molecular weight excluding hydrogens is 348 g/mol. The fourth-order valence-electron chi connectivity index (χ4n) is 2.86. The van der Waals surface area contributed by atoms with Gasteiger partial charge in [0, 0.05) is 5.41 Å². The molecule has 28 heavy (non-hydrogen) atoms. The van der Waals surface area contributed by atoms with Crippen LogP contribution in [0.25, 0.3) is 0 Å². The van der Waals surface area contributed by atoms with E-state index in [9.17, 15) is 4.79 Å². The van der Waals surface area contributed by atoms with Crippen LogP contribution < -0.4 is 4.74 Å². The standard InChI is InChI=1S/C25H34O3/c1-9-24(5,6)27-21-16-14-20(15-17-21)25(7,8)19-12-10-18(11-13-19)22(26)28-23(2,3)4/h10-17H,9H2,1-8H3. The van der Waals surface area contributed by atoms with Crippen molar-refractivity contribution in [3.05, 3.63) is 65.2 Å². The molecule has 0 aliphatic rings. The van der Waals surface area contributed by atoms with Crippen molar-refractivity contribution in [3.63, 3.8) is 0 Å². The first-order valence-corrected chi connectivity index (χ1v) is 9.97. The van der Waals surface area contributed by atoms with E-state index in [0.29, 0.717) is 5.56 Å². The Balaban J connectivity index is 2.19. The molecule has 0 unspecified atom stereocenters. The van der Waals surface area contributed by atoms with E-state index in [1.54, 1.807) is 0 Å². The van der Waals surface area contributed by atoms with Crippen LogP contribution in [0.3, 0.4) is 0 Å². The Morgan fingerprint density at radius 2 is 1.25 bits per heavy atom. The van der Waals surface area contributed by atoms with Gasteiger partial charge in [-0.3, -0.25) is 0 Å². The molecule has 2 aromatic rings. The zero-order chi connectivity index (χ0) is 21.2. The summed E-state index contributed by atoms with van der Waals surface area (Å²) < 4.78 is 11.5. The Morgan fingerprint density at radius 3 is 1.68 bits per heavy atom. The van der Waals surface area contributed by atoms with Crippen molar-refractivity contribution in [2.75, 3.05) is 0 Å². The van der Waals surface area contributed by atoms with Crippen LogP contribution in [0, 0.1) is 0 Å². The number of benzene rings is 2. The van der Waals surface area contributed by atoms with Gasteiger partial charge in [-0.25, -0.2) is 4.79 Å². The fraction of sp³-hybridized carbons (Fsp3) is 0.480. The lowest BCUT2D eigenvalue weighted by molar-refractivity contribution is 0.00694. The third-order valence-corrected chi connectivity index (χ3v) is 5.06. The summed E-state index contributed by atoms with van der Waals surface area (Å²) in [4.78, 5) is 12.2. The molecule has 0 fully saturated rings. The summed E-state index contributed by atoms with van der Waals surface area (Å²) in [6, 6.07) is 16.0. The zero-order valence-electron chi connectivity index (χ0n) is 18.6. The van der Waals surface area contributed by atoms with Crippen molar-refractivity contribution in [3.8, 4) is 5.75 Å². The van der Waals surface area contributed by atoms with Gasteiger partial charge in [-0.15, -0.1) is 0 Å². The third-order valence-electron chi connectivity index (χ3n) is 5.06. The minimum absolute atomic E-state index is 0.172. The van der Waals surface area contributed by atoms with Crippen LogP contribution in [0.4, 0.5) is 0 Å². The highest BCUT2D eigenvalue weighted by Crippen LogP contribution is 2.33. The smallest absolute Gasteiger partial charge is 0.338 e. The van der Waals surface area contributed by atoms with Gasteiger partial charge in [-0.05, 0) is 76.4 Å². The Kier molecular flexibility index (Phi) is 6.27. The molecule has 3 nitrogen and oxygen atoms in total. The lowest BCUT2D eigenvalue weighted by Gasteiger charge is -2.28. The van der Waals surface area contributed by atoms with E-state index < -0.39 is 5.60 Å². The van der Waals surface area contributed by atoms with Crippen LogP contribution in [0.5, 0.6) is 5.75 Å². The number of hydrogen-bond acceptors (Lipinski definition) is 3. The molecule has 0 N–H and O–H groups in total. The topological polar surface area (TPSA) is 35.5 Å². The molecule has 0 saturated carbocycles. The number of carbonyl (C=O) groups excluding carboxylic acids is 1. The highest BCUT2D eigenvalue weighted by atomic mass is 16.6. The second-order valence-electron chi connectivity index (χ2n) is 9.44. The highest BCUT2D eigenvalue weighted by molar-refractivity contribution is 5.89. The van der Waals surface area contributed by atoms with Gasteiger partial charge in [-0.1, -0.05) is 45.0 Å². The number of carbonyl (C=O) groups is 1. The molecule has 2 aromatic carbocycles. The monoisotopic (exact) mass is 382 g/mol. The van der Waals surface area contributed by atoms with Gasteiger partial charge >= 0.3 is 5.97 Å².